The number of hydrogen-bond donors (Lipinski definition) is 1. The molecule has 0 amide bonds. The topological polar surface area (TPSA) is 21.9 Å². The summed E-state index contributed by atoms with van der Waals surface area (Å²) in [6.07, 6.45) is 19.6. The zero-order chi connectivity index (χ0) is 16.9. The van der Waals surface area contributed by atoms with Gasteiger partial charge in [-0.3, -0.25) is 0 Å². The molecule has 7 atom stereocenters. The zero-order valence-corrected chi connectivity index (χ0v) is 16.7. The van der Waals surface area contributed by atoms with E-state index in [-0.39, 0.29) is 0 Å². The molecule has 1 aliphatic heterocycles. The molecule has 3 rings (SSSR count). The van der Waals surface area contributed by atoms with Gasteiger partial charge in [-0.05, 0) is 68.6 Å². The van der Waals surface area contributed by atoms with E-state index in [1.807, 2.05) is 0 Å². The van der Waals surface area contributed by atoms with E-state index in [0.717, 1.165) is 41.7 Å². The van der Waals surface area contributed by atoms with Crippen LogP contribution in [0.1, 0.15) is 104 Å². The first-order chi connectivity index (χ1) is 11.7. The Balaban J connectivity index is 1.63. The summed E-state index contributed by atoms with van der Waals surface area (Å²) in [5, 5.41) is 3.63. The molecule has 5 unspecified atom stereocenters. The van der Waals surface area contributed by atoms with E-state index in [9.17, 15) is 0 Å². The lowest BCUT2D eigenvalue weighted by molar-refractivity contribution is 0.158. The predicted molar refractivity (Wildman–Crippen MR) is 105 cm³/mol. The highest BCUT2D eigenvalue weighted by atomic mass is 15.1. The Hall–Kier alpha value is -0.0400. The lowest BCUT2D eigenvalue weighted by atomic mass is 9.71. The van der Waals surface area contributed by atoms with Crippen molar-refractivity contribution in [2.24, 2.45) is 29.6 Å². The van der Waals surface area contributed by atoms with Gasteiger partial charge in [-0.25, -0.2) is 0 Å². The van der Waals surface area contributed by atoms with Gasteiger partial charge in [0.15, 0.2) is 0 Å². The molecule has 2 aliphatic carbocycles. The highest BCUT2D eigenvalue weighted by Gasteiger charge is 2.37. The summed E-state index contributed by atoms with van der Waals surface area (Å²) in [5.74, 6) is 5.20. The van der Waals surface area contributed by atoms with E-state index in [2.05, 4.69) is 26.1 Å². The van der Waals surface area contributed by atoms with Crippen LogP contribution in [0.2, 0.25) is 0 Å². The largest absolute Gasteiger partial charge is 0.308 e. The predicted octanol–water partition coefficient (Wildman–Crippen LogP) is 6.57. The zero-order valence-electron chi connectivity index (χ0n) is 16.7. The van der Waals surface area contributed by atoms with Gasteiger partial charge in [0.1, 0.15) is 0 Å². The van der Waals surface area contributed by atoms with Crippen molar-refractivity contribution in [2.45, 2.75) is 116 Å². The molecular weight excluding hydrogens is 290 g/mol. The summed E-state index contributed by atoms with van der Waals surface area (Å²) in [7, 11) is 0. The summed E-state index contributed by atoms with van der Waals surface area (Å²) in [6.45, 7) is 7.26. The number of fused-ring (bicyclic) bond motifs is 3. The molecule has 3 aliphatic rings. The van der Waals surface area contributed by atoms with Crippen molar-refractivity contribution in [3.63, 3.8) is 0 Å². The van der Waals surface area contributed by atoms with Crippen LogP contribution in [-0.4, -0.2) is 12.1 Å². The fourth-order valence-corrected chi connectivity index (χ4v) is 6.07. The van der Waals surface area contributed by atoms with Crippen molar-refractivity contribution in [1.82, 2.24) is 5.32 Å². The van der Waals surface area contributed by atoms with Gasteiger partial charge in [-0.15, -0.1) is 0 Å². The summed E-state index contributed by atoms with van der Waals surface area (Å²) >= 11 is 0. The highest BCUT2D eigenvalue weighted by Crippen LogP contribution is 2.46. The maximum Gasteiger partial charge on any atom is 0.0221 e. The van der Waals surface area contributed by atoms with Crippen LogP contribution >= 0.6 is 0 Å². The first kappa shape index (κ1) is 18.7. The fraction of sp³-hybridized carbons (Fsp3) is 1.00. The van der Waals surface area contributed by atoms with Gasteiger partial charge >= 0.3 is 0 Å². The number of rotatable bonds is 8. The summed E-state index contributed by atoms with van der Waals surface area (Å²) in [5.41, 5.74) is 0. The Bertz CT molecular complexity index is 365. The maximum atomic E-state index is 3.63. The second kappa shape index (κ2) is 9.06. The van der Waals surface area contributed by atoms with Crippen LogP contribution in [0, 0.1) is 29.6 Å². The van der Waals surface area contributed by atoms with Crippen molar-refractivity contribution in [2.75, 3.05) is 0 Å². The van der Waals surface area contributed by atoms with Crippen LogP contribution in [0.15, 0.2) is 0 Å². The third-order valence-corrected chi connectivity index (χ3v) is 7.84. The third-order valence-electron chi connectivity index (χ3n) is 7.84. The summed E-state index contributed by atoms with van der Waals surface area (Å²) < 4.78 is 0. The summed E-state index contributed by atoms with van der Waals surface area (Å²) in [4.78, 5) is 0. The van der Waals surface area contributed by atoms with E-state index in [1.54, 1.807) is 32.1 Å². The Kier molecular flexibility index (Phi) is 7.07. The molecule has 0 spiro atoms. The summed E-state index contributed by atoms with van der Waals surface area (Å²) in [6, 6.07) is 1.66. The minimum absolute atomic E-state index is 0.803. The van der Waals surface area contributed by atoms with Crippen molar-refractivity contribution in [3.8, 4) is 0 Å². The van der Waals surface area contributed by atoms with Crippen molar-refractivity contribution in [1.29, 1.82) is 0 Å². The van der Waals surface area contributed by atoms with Gasteiger partial charge < -0.3 is 5.32 Å². The molecule has 3 fully saturated rings. The second-order valence-electron chi connectivity index (χ2n) is 9.76. The molecule has 0 radical (unpaired) electrons. The minimum atomic E-state index is 0.803. The first-order valence-corrected chi connectivity index (χ1v) is 11.4. The van der Waals surface area contributed by atoms with Crippen LogP contribution in [-0.2, 0) is 0 Å². The van der Waals surface area contributed by atoms with E-state index < -0.39 is 0 Å². The minimum Gasteiger partial charge on any atom is -0.308 e. The van der Waals surface area contributed by atoms with Gasteiger partial charge in [0.2, 0.25) is 0 Å². The van der Waals surface area contributed by atoms with Crippen LogP contribution < -0.4 is 5.32 Å². The molecule has 2 bridgehead atoms. The molecule has 1 heterocycles. The normalized spacial score (nSPS) is 40.6. The molecule has 1 heteroatoms. The van der Waals surface area contributed by atoms with Crippen LogP contribution in [0.4, 0.5) is 0 Å². The number of nitrogens with one attached hydrogen (secondary N) is 1. The van der Waals surface area contributed by atoms with E-state index in [0.29, 0.717) is 0 Å². The van der Waals surface area contributed by atoms with Crippen molar-refractivity contribution in [3.05, 3.63) is 0 Å². The third kappa shape index (κ3) is 5.23. The van der Waals surface area contributed by atoms with Crippen LogP contribution in [0.25, 0.3) is 0 Å². The molecule has 0 aromatic carbocycles. The molecule has 1 nitrogen and oxygen atoms in total. The Morgan fingerprint density at radius 1 is 0.917 bits per heavy atom. The molecule has 0 aromatic heterocycles. The molecule has 2 saturated carbocycles. The van der Waals surface area contributed by atoms with Gasteiger partial charge in [0.25, 0.3) is 0 Å². The van der Waals surface area contributed by atoms with Crippen LogP contribution in [0.3, 0.4) is 0 Å². The highest BCUT2D eigenvalue weighted by molar-refractivity contribution is 4.95. The smallest absolute Gasteiger partial charge is 0.0221 e. The number of hydrogen-bond acceptors (Lipinski definition) is 1. The monoisotopic (exact) mass is 333 g/mol. The van der Waals surface area contributed by atoms with E-state index in [4.69, 9.17) is 0 Å². The first-order valence-electron chi connectivity index (χ1n) is 11.4. The second-order valence-corrected chi connectivity index (χ2v) is 9.76. The van der Waals surface area contributed by atoms with Gasteiger partial charge in [-0.1, -0.05) is 65.2 Å². The molecule has 1 saturated heterocycles. The quantitative estimate of drug-likeness (QED) is 0.394. The van der Waals surface area contributed by atoms with Crippen molar-refractivity contribution < 1.29 is 0 Å². The molecular formula is C23H43N. The maximum absolute atomic E-state index is 3.63. The Morgan fingerprint density at radius 2 is 1.67 bits per heavy atom. The average Bonchev–Trinajstić information content (AvgIpc) is 3.28. The Morgan fingerprint density at radius 3 is 2.42 bits per heavy atom. The number of unbranched alkanes of at least 4 members (excludes halogenated alkanes) is 2. The molecule has 1 N–H and O–H groups in total. The van der Waals surface area contributed by atoms with Gasteiger partial charge in [0, 0.05) is 12.1 Å². The molecule has 140 valence electrons. The van der Waals surface area contributed by atoms with Gasteiger partial charge in [0.05, 0.1) is 0 Å². The van der Waals surface area contributed by atoms with Gasteiger partial charge in [-0.2, -0.15) is 0 Å². The molecule has 0 aromatic rings. The SMILES string of the molecule is CCCCCC(CCC1N[C@H]1C)[C@H]1CCC2CCC(C)CC1CC2. The lowest BCUT2D eigenvalue weighted by Crippen LogP contribution is -2.25. The van der Waals surface area contributed by atoms with Crippen molar-refractivity contribution >= 4 is 0 Å². The Labute approximate surface area is 151 Å². The standard InChI is InChI=1S/C23H43N/c1-4-5-6-7-20(13-15-23-18(3)24-23)22-14-11-19-9-8-17(2)16-21(22)12-10-19/h17-24H,4-16H2,1-3H3/t17?,18-,19?,20?,21?,22+,23?/m0/s1. The average molecular weight is 334 g/mol. The lowest BCUT2D eigenvalue weighted by Gasteiger charge is -2.35. The van der Waals surface area contributed by atoms with E-state index in [1.165, 1.54) is 51.4 Å². The van der Waals surface area contributed by atoms with E-state index >= 15 is 0 Å². The molecule has 24 heavy (non-hydrogen) atoms. The van der Waals surface area contributed by atoms with Crippen LogP contribution in [0.5, 0.6) is 0 Å². The fourth-order valence-electron chi connectivity index (χ4n) is 6.07.